The van der Waals surface area contributed by atoms with Crippen molar-refractivity contribution in [3.8, 4) is 0 Å². The lowest BCUT2D eigenvalue weighted by Crippen LogP contribution is -2.12. The number of hydrogen-bond acceptors (Lipinski definition) is 2. The molecule has 0 atom stereocenters. The Kier molecular flexibility index (Phi) is 4.34. The van der Waals surface area contributed by atoms with E-state index in [1.54, 1.807) is 12.1 Å². The molecule has 3 aromatic rings. The Morgan fingerprint density at radius 3 is 2.22 bits per heavy atom. The molecule has 0 heterocycles. The molecule has 0 aliphatic carbocycles. The third kappa shape index (κ3) is 3.95. The highest BCUT2D eigenvalue weighted by atomic mass is 19.1. The van der Waals surface area contributed by atoms with E-state index in [1.165, 1.54) is 18.2 Å². The molecule has 3 nitrogen and oxygen atoms in total. The Balaban J connectivity index is 1.74. The van der Waals surface area contributed by atoms with Crippen LogP contribution >= 0.6 is 0 Å². The van der Waals surface area contributed by atoms with Crippen molar-refractivity contribution in [1.29, 1.82) is 0 Å². The molecule has 3 aromatic carbocycles. The molecule has 0 spiro atoms. The lowest BCUT2D eigenvalue weighted by atomic mass is 10.2. The van der Waals surface area contributed by atoms with Crippen molar-refractivity contribution < 1.29 is 9.18 Å². The molecule has 4 heteroatoms. The lowest BCUT2D eigenvalue weighted by Gasteiger charge is -2.09. The van der Waals surface area contributed by atoms with Gasteiger partial charge < -0.3 is 10.6 Å². The lowest BCUT2D eigenvalue weighted by molar-refractivity contribution is 0.102. The van der Waals surface area contributed by atoms with Crippen LogP contribution in [-0.4, -0.2) is 5.91 Å². The van der Waals surface area contributed by atoms with Gasteiger partial charge in [0.1, 0.15) is 5.82 Å². The molecule has 0 bridgehead atoms. The zero-order valence-corrected chi connectivity index (χ0v) is 12.3. The predicted octanol–water partition coefficient (Wildman–Crippen LogP) is 4.82. The zero-order chi connectivity index (χ0) is 16.1. The molecule has 0 fully saturated rings. The molecule has 0 saturated heterocycles. The van der Waals surface area contributed by atoms with Crippen LogP contribution in [0.4, 0.5) is 21.5 Å². The van der Waals surface area contributed by atoms with Gasteiger partial charge in [-0.25, -0.2) is 4.39 Å². The molecule has 0 aromatic heterocycles. The van der Waals surface area contributed by atoms with Crippen LogP contribution in [0.1, 0.15) is 10.4 Å². The first-order chi connectivity index (χ1) is 11.2. The van der Waals surface area contributed by atoms with Gasteiger partial charge in [-0.2, -0.15) is 0 Å². The molecule has 0 aliphatic rings. The molecule has 2 N–H and O–H groups in total. The highest BCUT2D eigenvalue weighted by Crippen LogP contribution is 2.20. The Morgan fingerprint density at radius 2 is 1.43 bits per heavy atom. The summed E-state index contributed by atoms with van der Waals surface area (Å²) in [6, 6.07) is 22.7. The maximum Gasteiger partial charge on any atom is 0.255 e. The number of anilines is 3. The number of nitrogens with one attached hydrogen (secondary N) is 2. The van der Waals surface area contributed by atoms with Crippen LogP contribution in [0.15, 0.2) is 78.9 Å². The van der Waals surface area contributed by atoms with Crippen LogP contribution in [0, 0.1) is 5.82 Å². The van der Waals surface area contributed by atoms with Gasteiger partial charge >= 0.3 is 0 Å². The Bertz CT molecular complexity index is 818. The molecular weight excluding hydrogens is 291 g/mol. The van der Waals surface area contributed by atoms with Gasteiger partial charge in [-0.15, -0.1) is 0 Å². The molecule has 23 heavy (non-hydrogen) atoms. The summed E-state index contributed by atoms with van der Waals surface area (Å²) >= 11 is 0. The van der Waals surface area contributed by atoms with Gasteiger partial charge in [0.05, 0.1) is 0 Å². The molecule has 114 valence electrons. The fraction of sp³-hybridized carbons (Fsp3) is 0. The standard InChI is InChI=1S/C19H15FN2O/c20-15-7-4-6-14(12-15)19(23)22-18-11-5-10-17(13-18)21-16-8-2-1-3-9-16/h1-13,21H,(H,22,23). The minimum absolute atomic E-state index is 0.284. The summed E-state index contributed by atoms with van der Waals surface area (Å²) in [6.45, 7) is 0. The fourth-order valence-electron chi connectivity index (χ4n) is 2.20. The van der Waals surface area contributed by atoms with E-state index in [1.807, 2.05) is 48.5 Å². The second-order valence-electron chi connectivity index (χ2n) is 5.04. The molecule has 3 rings (SSSR count). The molecule has 1 amide bonds. The number of benzene rings is 3. The van der Waals surface area contributed by atoms with E-state index in [0.29, 0.717) is 5.69 Å². The van der Waals surface area contributed by atoms with E-state index in [4.69, 9.17) is 0 Å². The van der Waals surface area contributed by atoms with E-state index in [0.717, 1.165) is 11.4 Å². The normalized spacial score (nSPS) is 10.1. The summed E-state index contributed by atoms with van der Waals surface area (Å²) in [5.41, 5.74) is 2.74. The smallest absolute Gasteiger partial charge is 0.255 e. The van der Waals surface area contributed by atoms with Crippen molar-refractivity contribution >= 4 is 23.0 Å². The van der Waals surface area contributed by atoms with Crippen LogP contribution in [0.2, 0.25) is 0 Å². The Hall–Kier alpha value is -3.14. The van der Waals surface area contributed by atoms with Crippen LogP contribution in [0.5, 0.6) is 0 Å². The number of carbonyl (C=O) groups is 1. The second-order valence-corrected chi connectivity index (χ2v) is 5.04. The maximum atomic E-state index is 13.2. The number of hydrogen-bond donors (Lipinski definition) is 2. The van der Waals surface area contributed by atoms with Crippen molar-refractivity contribution in [3.05, 3.63) is 90.2 Å². The SMILES string of the molecule is O=C(Nc1cccc(Nc2ccccc2)c1)c1cccc(F)c1. The van der Waals surface area contributed by atoms with E-state index in [9.17, 15) is 9.18 Å². The third-order valence-electron chi connectivity index (χ3n) is 3.27. The molecule has 0 aliphatic heterocycles. The van der Waals surface area contributed by atoms with Crippen LogP contribution in [0.3, 0.4) is 0 Å². The van der Waals surface area contributed by atoms with Crippen molar-refractivity contribution in [1.82, 2.24) is 0 Å². The van der Waals surface area contributed by atoms with Crippen molar-refractivity contribution in [2.24, 2.45) is 0 Å². The number of halogens is 1. The quantitative estimate of drug-likeness (QED) is 0.725. The average Bonchev–Trinajstić information content (AvgIpc) is 2.56. The Labute approximate surface area is 133 Å². The largest absolute Gasteiger partial charge is 0.355 e. The zero-order valence-electron chi connectivity index (χ0n) is 12.3. The number of rotatable bonds is 4. The Morgan fingerprint density at radius 1 is 0.739 bits per heavy atom. The second kappa shape index (κ2) is 6.75. The summed E-state index contributed by atoms with van der Waals surface area (Å²) in [7, 11) is 0. The van der Waals surface area contributed by atoms with Crippen molar-refractivity contribution in [3.63, 3.8) is 0 Å². The van der Waals surface area contributed by atoms with Gasteiger partial charge in [-0.05, 0) is 48.5 Å². The summed E-state index contributed by atoms with van der Waals surface area (Å²) in [6.07, 6.45) is 0. The van der Waals surface area contributed by atoms with Gasteiger partial charge in [-0.3, -0.25) is 4.79 Å². The van der Waals surface area contributed by atoms with E-state index in [2.05, 4.69) is 10.6 Å². The van der Waals surface area contributed by atoms with E-state index < -0.39 is 5.82 Å². The summed E-state index contributed by atoms with van der Waals surface area (Å²) in [5.74, 6) is -0.779. The maximum absolute atomic E-state index is 13.2. The van der Waals surface area contributed by atoms with Gasteiger partial charge in [0.25, 0.3) is 5.91 Å². The molecule has 0 saturated carbocycles. The summed E-state index contributed by atoms with van der Waals surface area (Å²) in [4.78, 5) is 12.1. The highest BCUT2D eigenvalue weighted by Gasteiger charge is 2.07. The first-order valence-corrected chi connectivity index (χ1v) is 7.20. The monoisotopic (exact) mass is 306 g/mol. The summed E-state index contributed by atoms with van der Waals surface area (Å²) < 4.78 is 13.2. The molecule has 0 unspecified atom stereocenters. The van der Waals surface area contributed by atoms with Gasteiger partial charge in [0, 0.05) is 22.6 Å². The van der Waals surface area contributed by atoms with Crippen LogP contribution in [0.25, 0.3) is 0 Å². The van der Waals surface area contributed by atoms with Crippen molar-refractivity contribution in [2.75, 3.05) is 10.6 Å². The minimum Gasteiger partial charge on any atom is -0.355 e. The minimum atomic E-state index is -0.433. The first kappa shape index (κ1) is 14.8. The fourth-order valence-corrected chi connectivity index (χ4v) is 2.20. The summed E-state index contributed by atoms with van der Waals surface area (Å²) in [5, 5.41) is 6.02. The van der Waals surface area contributed by atoms with Gasteiger partial charge in [-0.1, -0.05) is 30.3 Å². The van der Waals surface area contributed by atoms with Crippen LogP contribution < -0.4 is 10.6 Å². The number of para-hydroxylation sites is 1. The third-order valence-corrected chi connectivity index (χ3v) is 3.27. The topological polar surface area (TPSA) is 41.1 Å². The van der Waals surface area contributed by atoms with Crippen molar-refractivity contribution in [2.45, 2.75) is 0 Å². The number of carbonyl (C=O) groups excluding carboxylic acids is 1. The van der Waals surface area contributed by atoms with Gasteiger partial charge in [0.2, 0.25) is 0 Å². The van der Waals surface area contributed by atoms with E-state index >= 15 is 0 Å². The first-order valence-electron chi connectivity index (χ1n) is 7.20. The van der Waals surface area contributed by atoms with Crippen LogP contribution in [-0.2, 0) is 0 Å². The predicted molar refractivity (Wildman–Crippen MR) is 90.5 cm³/mol. The van der Waals surface area contributed by atoms with Gasteiger partial charge in [0.15, 0.2) is 0 Å². The highest BCUT2D eigenvalue weighted by molar-refractivity contribution is 6.04. The molecule has 0 radical (unpaired) electrons. The number of amides is 1. The average molecular weight is 306 g/mol. The molecular formula is C19H15FN2O. The van der Waals surface area contributed by atoms with E-state index in [-0.39, 0.29) is 11.5 Å².